The van der Waals surface area contributed by atoms with Gasteiger partial charge in [0.1, 0.15) is 11.3 Å². The quantitative estimate of drug-likeness (QED) is 0.687. The number of likely N-dealkylation sites (tertiary alicyclic amines) is 1. The lowest BCUT2D eigenvalue weighted by Crippen LogP contribution is -2.38. The summed E-state index contributed by atoms with van der Waals surface area (Å²) in [6, 6.07) is 13.3. The Morgan fingerprint density at radius 3 is 2.43 bits per heavy atom. The molecular weight excluding hydrogens is 382 g/mol. The molecule has 1 amide bonds. The summed E-state index contributed by atoms with van der Waals surface area (Å²) < 4.78 is 2.31. The van der Waals surface area contributed by atoms with E-state index in [1.807, 2.05) is 18.2 Å². The van der Waals surface area contributed by atoms with Gasteiger partial charge in [0, 0.05) is 20.6 Å². The number of aromatic nitrogens is 3. The fraction of sp³-hybridized carbons (Fsp3) is 0.364. The van der Waals surface area contributed by atoms with E-state index in [0.29, 0.717) is 11.9 Å². The average molecular weight is 407 g/mol. The van der Waals surface area contributed by atoms with Gasteiger partial charge < -0.3 is 5.32 Å². The molecule has 1 aromatic carbocycles. The first-order chi connectivity index (χ1) is 14.5. The van der Waals surface area contributed by atoms with Crippen LogP contribution in [-0.2, 0) is 14.1 Å². The molecule has 0 aliphatic carbocycles. The first-order valence-electron chi connectivity index (χ1n) is 10.1. The molecule has 8 heteroatoms. The number of carbonyl (C=O) groups is 1. The second-order valence-corrected chi connectivity index (χ2v) is 7.65. The van der Waals surface area contributed by atoms with Gasteiger partial charge in [0.25, 0.3) is 11.5 Å². The number of carbonyl (C=O) groups excluding carboxylic acids is 1. The van der Waals surface area contributed by atoms with Gasteiger partial charge in [0.15, 0.2) is 0 Å². The zero-order valence-electron chi connectivity index (χ0n) is 17.2. The van der Waals surface area contributed by atoms with Crippen LogP contribution in [0.1, 0.15) is 34.9 Å². The van der Waals surface area contributed by atoms with Crippen molar-refractivity contribution in [2.75, 3.05) is 19.6 Å². The number of nitrogens with one attached hydrogen (secondary N) is 1. The van der Waals surface area contributed by atoms with E-state index in [1.54, 1.807) is 6.07 Å². The number of rotatable bonds is 5. The second kappa shape index (κ2) is 8.23. The third-order valence-corrected chi connectivity index (χ3v) is 5.76. The predicted molar refractivity (Wildman–Crippen MR) is 115 cm³/mol. The second-order valence-electron chi connectivity index (χ2n) is 7.65. The smallest absolute Gasteiger partial charge is 0.332 e. The van der Waals surface area contributed by atoms with Crippen LogP contribution in [0.3, 0.4) is 0 Å². The highest BCUT2D eigenvalue weighted by molar-refractivity contribution is 5.94. The molecular formula is C22H25N5O3. The molecule has 3 heterocycles. The highest BCUT2D eigenvalue weighted by Crippen LogP contribution is 2.24. The van der Waals surface area contributed by atoms with Crippen LogP contribution in [-0.4, -0.2) is 44.6 Å². The Hall–Kier alpha value is -3.26. The van der Waals surface area contributed by atoms with Gasteiger partial charge in [0.2, 0.25) is 0 Å². The van der Waals surface area contributed by atoms with Gasteiger partial charge in [-0.05, 0) is 43.6 Å². The molecule has 3 aromatic rings. The van der Waals surface area contributed by atoms with Crippen LogP contribution in [0, 0.1) is 0 Å². The average Bonchev–Trinajstić information content (AvgIpc) is 3.31. The monoisotopic (exact) mass is 407 g/mol. The third kappa shape index (κ3) is 3.66. The minimum atomic E-state index is -0.476. The van der Waals surface area contributed by atoms with Gasteiger partial charge in [-0.3, -0.25) is 23.6 Å². The molecule has 1 N–H and O–H groups in total. The molecule has 156 valence electrons. The number of hydrogen-bond donors (Lipinski definition) is 1. The molecule has 0 radical (unpaired) electrons. The Morgan fingerprint density at radius 1 is 1.03 bits per heavy atom. The Kier molecular flexibility index (Phi) is 5.50. The number of fused-ring (bicyclic) bond motifs is 1. The van der Waals surface area contributed by atoms with Crippen LogP contribution in [0.4, 0.5) is 0 Å². The molecule has 0 spiro atoms. The van der Waals surface area contributed by atoms with E-state index in [4.69, 9.17) is 0 Å². The van der Waals surface area contributed by atoms with Gasteiger partial charge in [-0.2, -0.15) is 0 Å². The van der Waals surface area contributed by atoms with Crippen LogP contribution < -0.4 is 16.6 Å². The summed E-state index contributed by atoms with van der Waals surface area (Å²) >= 11 is 0. The fourth-order valence-corrected chi connectivity index (χ4v) is 4.05. The van der Waals surface area contributed by atoms with Crippen molar-refractivity contribution in [3.05, 3.63) is 74.6 Å². The topological polar surface area (TPSA) is 89.2 Å². The van der Waals surface area contributed by atoms with Crippen LogP contribution in [0.2, 0.25) is 0 Å². The van der Waals surface area contributed by atoms with Crippen LogP contribution >= 0.6 is 0 Å². The van der Waals surface area contributed by atoms with Crippen molar-refractivity contribution in [2.24, 2.45) is 14.1 Å². The number of benzene rings is 1. The summed E-state index contributed by atoms with van der Waals surface area (Å²) in [4.78, 5) is 44.0. The van der Waals surface area contributed by atoms with E-state index in [2.05, 4.69) is 27.3 Å². The molecule has 2 aromatic heterocycles. The SMILES string of the molecule is Cn1c(=O)c2ccc(C(=O)NC[C@@H](c3ccccc3)N3CCCC3)nc2n(C)c1=O. The molecule has 30 heavy (non-hydrogen) atoms. The Labute approximate surface area is 173 Å². The zero-order valence-corrected chi connectivity index (χ0v) is 17.2. The van der Waals surface area contributed by atoms with Crippen LogP contribution in [0.5, 0.6) is 0 Å². The number of hydrogen-bond acceptors (Lipinski definition) is 5. The lowest BCUT2D eigenvalue weighted by atomic mass is 10.1. The first kappa shape index (κ1) is 20.0. The van der Waals surface area contributed by atoms with Crippen molar-refractivity contribution >= 4 is 16.9 Å². The summed E-state index contributed by atoms with van der Waals surface area (Å²) in [6.45, 7) is 2.47. The minimum absolute atomic E-state index is 0.0924. The summed E-state index contributed by atoms with van der Waals surface area (Å²) in [5, 5.41) is 3.29. The van der Waals surface area contributed by atoms with E-state index in [1.165, 1.54) is 24.7 Å². The molecule has 1 aliphatic rings. The summed E-state index contributed by atoms with van der Waals surface area (Å²) in [7, 11) is 2.96. The van der Waals surface area contributed by atoms with Crippen molar-refractivity contribution in [1.82, 2.24) is 24.3 Å². The lowest BCUT2D eigenvalue weighted by Gasteiger charge is -2.28. The molecule has 0 unspecified atom stereocenters. The number of pyridine rings is 1. The zero-order chi connectivity index (χ0) is 21.3. The van der Waals surface area contributed by atoms with E-state index in [-0.39, 0.29) is 23.3 Å². The Morgan fingerprint density at radius 2 is 1.73 bits per heavy atom. The normalized spacial score (nSPS) is 15.4. The van der Waals surface area contributed by atoms with E-state index >= 15 is 0 Å². The number of nitrogens with zero attached hydrogens (tertiary/aromatic N) is 4. The summed E-state index contributed by atoms with van der Waals surface area (Å²) in [6.07, 6.45) is 2.32. The number of aryl methyl sites for hydroxylation is 1. The maximum absolute atomic E-state index is 12.8. The third-order valence-electron chi connectivity index (χ3n) is 5.76. The predicted octanol–water partition coefficient (Wildman–Crippen LogP) is 1.20. The van der Waals surface area contributed by atoms with Crippen molar-refractivity contribution in [2.45, 2.75) is 18.9 Å². The van der Waals surface area contributed by atoms with E-state index in [9.17, 15) is 14.4 Å². The van der Waals surface area contributed by atoms with Gasteiger partial charge in [-0.1, -0.05) is 30.3 Å². The highest BCUT2D eigenvalue weighted by Gasteiger charge is 2.24. The van der Waals surface area contributed by atoms with Crippen molar-refractivity contribution in [1.29, 1.82) is 0 Å². The molecule has 1 atom stereocenters. The van der Waals surface area contributed by atoms with Gasteiger partial charge in [0.05, 0.1) is 11.4 Å². The van der Waals surface area contributed by atoms with E-state index < -0.39 is 11.2 Å². The van der Waals surface area contributed by atoms with Crippen molar-refractivity contribution < 1.29 is 4.79 Å². The van der Waals surface area contributed by atoms with Crippen LogP contribution in [0.15, 0.2) is 52.1 Å². The fourth-order valence-electron chi connectivity index (χ4n) is 4.05. The molecule has 8 nitrogen and oxygen atoms in total. The largest absolute Gasteiger partial charge is 0.349 e. The molecule has 1 saturated heterocycles. The van der Waals surface area contributed by atoms with Gasteiger partial charge in [-0.15, -0.1) is 0 Å². The molecule has 0 bridgehead atoms. The van der Waals surface area contributed by atoms with Crippen LogP contribution in [0.25, 0.3) is 11.0 Å². The maximum Gasteiger partial charge on any atom is 0.332 e. The van der Waals surface area contributed by atoms with Gasteiger partial charge in [-0.25, -0.2) is 9.78 Å². The summed E-state index contributed by atoms with van der Waals surface area (Å²) in [5.41, 5.74) is 0.646. The molecule has 4 rings (SSSR count). The standard InChI is InChI=1S/C22H25N5O3/c1-25-19-16(21(29)26(2)22(25)30)10-11-17(24-19)20(28)23-14-18(27-12-6-7-13-27)15-8-4-3-5-9-15/h3-5,8-11,18H,6-7,12-14H2,1-2H3,(H,23,28)/t18-/m0/s1. The van der Waals surface area contributed by atoms with Crippen molar-refractivity contribution in [3.63, 3.8) is 0 Å². The number of amides is 1. The highest BCUT2D eigenvalue weighted by atomic mass is 16.2. The lowest BCUT2D eigenvalue weighted by molar-refractivity contribution is 0.0933. The van der Waals surface area contributed by atoms with Gasteiger partial charge >= 0.3 is 5.69 Å². The van der Waals surface area contributed by atoms with Crippen molar-refractivity contribution in [3.8, 4) is 0 Å². The maximum atomic E-state index is 12.8. The first-order valence-corrected chi connectivity index (χ1v) is 10.1. The van der Waals surface area contributed by atoms with E-state index in [0.717, 1.165) is 36.1 Å². The Balaban J connectivity index is 1.59. The molecule has 0 saturated carbocycles. The minimum Gasteiger partial charge on any atom is -0.349 e. The summed E-state index contributed by atoms with van der Waals surface area (Å²) in [5.74, 6) is -0.329. The molecule has 1 fully saturated rings. The Bertz CT molecular complexity index is 1190. The molecule has 1 aliphatic heterocycles.